The molecule has 1 fully saturated rings. The fourth-order valence-electron chi connectivity index (χ4n) is 3.60. The Labute approximate surface area is 147 Å². The van der Waals surface area contributed by atoms with Gasteiger partial charge >= 0.3 is 0 Å². The topological polar surface area (TPSA) is 42.2 Å². The van der Waals surface area contributed by atoms with Crippen LogP contribution >= 0.6 is 0 Å². The first kappa shape index (κ1) is 18.0. The molecule has 1 unspecified atom stereocenters. The van der Waals surface area contributed by atoms with Crippen LogP contribution in [0.3, 0.4) is 0 Å². The van der Waals surface area contributed by atoms with E-state index in [2.05, 4.69) is 35.8 Å². The van der Waals surface area contributed by atoms with Gasteiger partial charge in [-0.05, 0) is 62.4 Å². The second-order valence-corrected chi connectivity index (χ2v) is 7.64. The minimum Gasteiger partial charge on any atom is -0.338 e. The summed E-state index contributed by atoms with van der Waals surface area (Å²) < 4.78 is 32.9. The highest BCUT2D eigenvalue weighted by Gasteiger charge is 2.38. The summed E-state index contributed by atoms with van der Waals surface area (Å²) in [5.74, 6) is 1.02. The molecular weight excluding hydrogens is 324 g/mol. The van der Waals surface area contributed by atoms with Crippen LogP contribution in [-0.4, -0.2) is 27.1 Å². The van der Waals surface area contributed by atoms with Crippen LogP contribution in [0.25, 0.3) is 0 Å². The molecule has 0 amide bonds. The van der Waals surface area contributed by atoms with E-state index in [0.29, 0.717) is 30.3 Å². The van der Waals surface area contributed by atoms with Crippen LogP contribution in [0, 0.1) is 17.6 Å². The predicted molar refractivity (Wildman–Crippen MR) is 91.0 cm³/mol. The molecule has 0 spiro atoms. The van der Waals surface area contributed by atoms with Gasteiger partial charge < -0.3 is 4.52 Å². The lowest BCUT2D eigenvalue weighted by atomic mass is 9.90. The Balaban J connectivity index is 1.72. The Kier molecular flexibility index (Phi) is 5.18. The fraction of sp³-hybridized carbons (Fsp3) is 0.579. The van der Waals surface area contributed by atoms with E-state index in [4.69, 9.17) is 4.52 Å². The average Bonchev–Trinajstić information content (AvgIpc) is 3.10. The zero-order chi connectivity index (χ0) is 18.0. The zero-order valence-corrected chi connectivity index (χ0v) is 15.1. The van der Waals surface area contributed by atoms with Gasteiger partial charge in [0, 0.05) is 12.0 Å². The SMILES string of the molecule is CC(C)Cc1noc(CN2CCCC2(C)Cc2cc(F)ccc2F)n1. The Hall–Kier alpha value is -1.82. The maximum Gasteiger partial charge on any atom is 0.240 e. The van der Waals surface area contributed by atoms with Crippen LogP contribution in [0.1, 0.15) is 50.9 Å². The van der Waals surface area contributed by atoms with Crippen molar-refractivity contribution in [1.82, 2.24) is 15.0 Å². The van der Waals surface area contributed by atoms with Gasteiger partial charge in [-0.15, -0.1) is 0 Å². The van der Waals surface area contributed by atoms with Crippen LogP contribution in [-0.2, 0) is 19.4 Å². The summed E-state index contributed by atoms with van der Waals surface area (Å²) in [4.78, 5) is 6.70. The van der Waals surface area contributed by atoms with E-state index in [0.717, 1.165) is 37.7 Å². The van der Waals surface area contributed by atoms with Crippen LogP contribution in [0.5, 0.6) is 0 Å². The Bertz CT molecular complexity index is 731. The number of hydrogen-bond donors (Lipinski definition) is 0. The minimum absolute atomic E-state index is 0.249. The molecule has 0 aliphatic carbocycles. The highest BCUT2D eigenvalue weighted by atomic mass is 19.1. The molecule has 2 heterocycles. The Morgan fingerprint density at radius 1 is 1.32 bits per heavy atom. The molecule has 1 aromatic carbocycles. The summed E-state index contributed by atoms with van der Waals surface area (Å²) in [7, 11) is 0. The maximum atomic E-state index is 14.0. The van der Waals surface area contributed by atoms with Crippen molar-refractivity contribution in [3.05, 3.63) is 47.1 Å². The molecular formula is C19H25F2N3O. The van der Waals surface area contributed by atoms with Crippen molar-refractivity contribution in [2.75, 3.05) is 6.54 Å². The summed E-state index contributed by atoms with van der Waals surface area (Å²) in [6, 6.07) is 3.65. The molecule has 6 heteroatoms. The van der Waals surface area contributed by atoms with Crippen LogP contribution in [0.2, 0.25) is 0 Å². The van der Waals surface area contributed by atoms with Crippen LogP contribution in [0.4, 0.5) is 8.78 Å². The highest BCUT2D eigenvalue weighted by Crippen LogP contribution is 2.34. The van der Waals surface area contributed by atoms with Crippen molar-refractivity contribution in [2.45, 2.75) is 58.5 Å². The third-order valence-corrected chi connectivity index (χ3v) is 4.91. The molecule has 1 aromatic heterocycles. The molecule has 1 atom stereocenters. The van der Waals surface area contributed by atoms with E-state index in [1.54, 1.807) is 0 Å². The van der Waals surface area contributed by atoms with Crippen molar-refractivity contribution in [3.8, 4) is 0 Å². The third-order valence-electron chi connectivity index (χ3n) is 4.91. The van der Waals surface area contributed by atoms with Gasteiger partial charge in [-0.3, -0.25) is 4.90 Å². The summed E-state index contributed by atoms with van der Waals surface area (Å²) in [6.07, 6.45) is 3.19. The molecule has 0 radical (unpaired) electrons. The molecule has 0 saturated carbocycles. The number of hydrogen-bond acceptors (Lipinski definition) is 4. The first-order valence-corrected chi connectivity index (χ1v) is 8.86. The standard InChI is InChI=1S/C19H25F2N3O/c1-13(2)9-17-22-18(25-23-17)12-24-8-4-7-19(24,3)11-14-10-15(20)5-6-16(14)21/h5-6,10,13H,4,7-9,11-12H2,1-3H3. The summed E-state index contributed by atoms with van der Waals surface area (Å²) in [5.41, 5.74) is 0.168. The van der Waals surface area contributed by atoms with Crippen LogP contribution < -0.4 is 0 Å². The van der Waals surface area contributed by atoms with Gasteiger partial charge in [0.1, 0.15) is 11.6 Å². The third kappa shape index (κ3) is 4.24. The van der Waals surface area contributed by atoms with Crippen molar-refractivity contribution in [2.24, 2.45) is 5.92 Å². The second-order valence-electron chi connectivity index (χ2n) is 7.64. The molecule has 25 heavy (non-hydrogen) atoms. The van der Waals surface area contributed by atoms with E-state index in [-0.39, 0.29) is 11.4 Å². The van der Waals surface area contributed by atoms with E-state index in [1.165, 1.54) is 12.1 Å². The maximum absolute atomic E-state index is 14.0. The van der Waals surface area contributed by atoms with Gasteiger partial charge in [0.05, 0.1) is 6.54 Å². The predicted octanol–water partition coefficient (Wildman–Crippen LogP) is 4.14. The Morgan fingerprint density at radius 2 is 2.12 bits per heavy atom. The van der Waals surface area contributed by atoms with E-state index >= 15 is 0 Å². The lowest BCUT2D eigenvalue weighted by Crippen LogP contribution is -2.42. The second kappa shape index (κ2) is 7.20. The minimum atomic E-state index is -0.403. The summed E-state index contributed by atoms with van der Waals surface area (Å²) >= 11 is 0. The quantitative estimate of drug-likeness (QED) is 0.786. The lowest BCUT2D eigenvalue weighted by Gasteiger charge is -2.34. The number of halogens is 2. The molecule has 1 saturated heterocycles. The monoisotopic (exact) mass is 349 g/mol. The van der Waals surface area contributed by atoms with Crippen molar-refractivity contribution in [1.29, 1.82) is 0 Å². The number of benzene rings is 1. The Morgan fingerprint density at radius 3 is 2.88 bits per heavy atom. The van der Waals surface area contributed by atoms with E-state index < -0.39 is 5.82 Å². The van der Waals surface area contributed by atoms with Gasteiger partial charge in [-0.25, -0.2) is 8.78 Å². The smallest absolute Gasteiger partial charge is 0.240 e. The molecule has 3 rings (SSSR count). The van der Waals surface area contributed by atoms with Gasteiger partial charge in [-0.2, -0.15) is 4.98 Å². The van der Waals surface area contributed by atoms with E-state index in [1.807, 2.05) is 0 Å². The van der Waals surface area contributed by atoms with Gasteiger partial charge in [0.2, 0.25) is 5.89 Å². The van der Waals surface area contributed by atoms with E-state index in [9.17, 15) is 8.78 Å². The lowest BCUT2D eigenvalue weighted by molar-refractivity contribution is 0.128. The molecule has 2 aromatic rings. The number of aromatic nitrogens is 2. The zero-order valence-electron chi connectivity index (χ0n) is 15.1. The molecule has 0 N–H and O–H groups in total. The van der Waals surface area contributed by atoms with Crippen molar-refractivity contribution in [3.63, 3.8) is 0 Å². The molecule has 1 aliphatic rings. The van der Waals surface area contributed by atoms with Crippen molar-refractivity contribution < 1.29 is 13.3 Å². The number of likely N-dealkylation sites (tertiary alicyclic amines) is 1. The summed E-state index contributed by atoms with van der Waals surface area (Å²) in [5, 5.41) is 4.03. The van der Waals surface area contributed by atoms with Gasteiger partial charge in [0.25, 0.3) is 0 Å². The molecule has 0 bridgehead atoms. The molecule has 136 valence electrons. The average molecular weight is 349 g/mol. The van der Waals surface area contributed by atoms with Gasteiger partial charge in [0.15, 0.2) is 5.82 Å². The first-order chi connectivity index (χ1) is 11.9. The van der Waals surface area contributed by atoms with Crippen LogP contribution in [0.15, 0.2) is 22.7 Å². The first-order valence-electron chi connectivity index (χ1n) is 8.86. The highest BCUT2D eigenvalue weighted by molar-refractivity contribution is 5.21. The molecule has 4 nitrogen and oxygen atoms in total. The number of rotatable bonds is 6. The normalized spacial score (nSPS) is 21.4. The summed E-state index contributed by atoms with van der Waals surface area (Å²) in [6.45, 7) is 7.74. The van der Waals surface area contributed by atoms with Gasteiger partial charge in [-0.1, -0.05) is 19.0 Å². The largest absolute Gasteiger partial charge is 0.338 e. The van der Waals surface area contributed by atoms with Crippen molar-refractivity contribution >= 4 is 0 Å². The molecule has 1 aliphatic heterocycles. The number of nitrogens with zero attached hydrogens (tertiary/aromatic N) is 3. The fourth-order valence-corrected chi connectivity index (χ4v) is 3.60.